The summed E-state index contributed by atoms with van der Waals surface area (Å²) < 4.78 is 6.99. The Morgan fingerprint density at radius 3 is 2.67 bits per heavy atom. The van der Waals surface area contributed by atoms with Crippen molar-refractivity contribution in [2.45, 2.75) is 0 Å². The van der Waals surface area contributed by atoms with Crippen LogP contribution in [-0.2, 0) is 0 Å². The SMILES string of the molecule is Nc1ncc(-c2ccc(=O)n(/C=C/c3ccccc3)c2)c(-c2ccco2)n1. The number of nitrogen functional groups attached to an aromatic ring is 1. The van der Waals surface area contributed by atoms with E-state index in [-0.39, 0.29) is 11.5 Å². The molecule has 4 aromatic rings. The maximum Gasteiger partial charge on any atom is 0.254 e. The van der Waals surface area contributed by atoms with Gasteiger partial charge in [-0.05, 0) is 29.8 Å². The molecule has 27 heavy (non-hydrogen) atoms. The molecule has 132 valence electrons. The molecule has 0 aliphatic heterocycles. The Hall–Kier alpha value is -3.93. The van der Waals surface area contributed by atoms with Gasteiger partial charge in [0.05, 0.1) is 6.26 Å². The van der Waals surface area contributed by atoms with Crippen molar-refractivity contribution in [1.29, 1.82) is 0 Å². The van der Waals surface area contributed by atoms with E-state index in [0.717, 1.165) is 16.7 Å². The lowest BCUT2D eigenvalue weighted by Gasteiger charge is -2.09. The molecule has 0 aliphatic carbocycles. The van der Waals surface area contributed by atoms with Crippen LogP contribution in [0.4, 0.5) is 5.95 Å². The smallest absolute Gasteiger partial charge is 0.254 e. The Bertz CT molecular complexity index is 1150. The van der Waals surface area contributed by atoms with Crippen LogP contribution in [-0.4, -0.2) is 14.5 Å². The van der Waals surface area contributed by atoms with Gasteiger partial charge in [-0.1, -0.05) is 30.3 Å². The van der Waals surface area contributed by atoms with Crippen LogP contribution in [0.2, 0.25) is 0 Å². The summed E-state index contributed by atoms with van der Waals surface area (Å²) in [4.78, 5) is 20.6. The summed E-state index contributed by atoms with van der Waals surface area (Å²) in [7, 11) is 0. The third-order valence-electron chi connectivity index (χ3n) is 4.04. The van der Waals surface area contributed by atoms with Gasteiger partial charge in [0.2, 0.25) is 5.95 Å². The molecule has 0 radical (unpaired) electrons. The number of furan rings is 1. The standard InChI is InChI=1S/C21H16N4O2/c22-21-23-13-17(20(24-21)18-7-4-12-27-18)16-8-9-19(26)25(14-16)11-10-15-5-2-1-3-6-15/h1-14H,(H2,22,23,24)/b11-10+. The molecular formula is C21H16N4O2. The van der Waals surface area contributed by atoms with E-state index in [1.165, 1.54) is 10.6 Å². The van der Waals surface area contributed by atoms with E-state index in [9.17, 15) is 4.79 Å². The lowest BCUT2D eigenvalue weighted by molar-refractivity contribution is 0.580. The first-order valence-electron chi connectivity index (χ1n) is 8.33. The maximum atomic E-state index is 12.2. The van der Waals surface area contributed by atoms with Crippen molar-refractivity contribution in [3.05, 3.63) is 89.2 Å². The van der Waals surface area contributed by atoms with Crippen LogP contribution in [0, 0.1) is 0 Å². The second-order valence-corrected chi connectivity index (χ2v) is 5.86. The van der Waals surface area contributed by atoms with Crippen LogP contribution in [0.3, 0.4) is 0 Å². The van der Waals surface area contributed by atoms with Gasteiger partial charge in [0, 0.05) is 35.8 Å². The van der Waals surface area contributed by atoms with Crippen LogP contribution in [0.5, 0.6) is 0 Å². The number of pyridine rings is 1. The molecule has 0 fully saturated rings. The van der Waals surface area contributed by atoms with Crippen LogP contribution < -0.4 is 11.3 Å². The average Bonchev–Trinajstić information content (AvgIpc) is 3.23. The van der Waals surface area contributed by atoms with E-state index in [0.29, 0.717) is 11.5 Å². The van der Waals surface area contributed by atoms with Gasteiger partial charge in [-0.25, -0.2) is 9.97 Å². The van der Waals surface area contributed by atoms with Gasteiger partial charge >= 0.3 is 0 Å². The predicted molar refractivity (Wildman–Crippen MR) is 106 cm³/mol. The topological polar surface area (TPSA) is 86.9 Å². The molecule has 0 amide bonds. The highest BCUT2D eigenvalue weighted by Gasteiger charge is 2.13. The van der Waals surface area contributed by atoms with Crippen LogP contribution in [0.1, 0.15) is 5.56 Å². The number of hydrogen-bond acceptors (Lipinski definition) is 5. The largest absolute Gasteiger partial charge is 0.463 e. The summed E-state index contributed by atoms with van der Waals surface area (Å²) in [6, 6.07) is 16.6. The van der Waals surface area contributed by atoms with Gasteiger partial charge in [0.15, 0.2) is 5.76 Å². The van der Waals surface area contributed by atoms with Crippen molar-refractivity contribution in [2.24, 2.45) is 0 Å². The second kappa shape index (κ2) is 7.13. The molecule has 3 heterocycles. The highest BCUT2D eigenvalue weighted by molar-refractivity contribution is 5.78. The average molecular weight is 356 g/mol. The Morgan fingerprint density at radius 2 is 1.89 bits per heavy atom. The van der Waals surface area contributed by atoms with Crippen molar-refractivity contribution in [3.8, 4) is 22.6 Å². The minimum absolute atomic E-state index is 0.137. The van der Waals surface area contributed by atoms with Gasteiger partial charge in [-0.15, -0.1) is 0 Å². The molecule has 1 aromatic carbocycles. The third kappa shape index (κ3) is 3.55. The van der Waals surface area contributed by atoms with Crippen LogP contribution in [0.15, 0.2) is 82.5 Å². The summed E-state index contributed by atoms with van der Waals surface area (Å²) >= 11 is 0. The van der Waals surface area contributed by atoms with Crippen molar-refractivity contribution >= 4 is 18.2 Å². The molecule has 0 saturated carbocycles. The van der Waals surface area contributed by atoms with Crippen molar-refractivity contribution in [1.82, 2.24) is 14.5 Å². The van der Waals surface area contributed by atoms with Crippen LogP contribution in [0.25, 0.3) is 34.9 Å². The van der Waals surface area contributed by atoms with E-state index in [1.54, 1.807) is 43.1 Å². The van der Waals surface area contributed by atoms with Crippen molar-refractivity contribution in [2.75, 3.05) is 5.73 Å². The zero-order chi connectivity index (χ0) is 18.6. The monoisotopic (exact) mass is 356 g/mol. The van der Waals surface area contributed by atoms with E-state index in [1.807, 2.05) is 36.4 Å². The summed E-state index contributed by atoms with van der Waals surface area (Å²) in [5, 5.41) is 0. The summed E-state index contributed by atoms with van der Waals surface area (Å²) in [5.74, 6) is 0.735. The van der Waals surface area contributed by atoms with Gasteiger partial charge in [-0.3, -0.25) is 9.36 Å². The van der Waals surface area contributed by atoms with Gasteiger partial charge in [-0.2, -0.15) is 0 Å². The highest BCUT2D eigenvalue weighted by Crippen LogP contribution is 2.30. The van der Waals surface area contributed by atoms with E-state index in [4.69, 9.17) is 10.2 Å². The zero-order valence-corrected chi connectivity index (χ0v) is 14.3. The fourth-order valence-electron chi connectivity index (χ4n) is 2.72. The molecule has 6 nitrogen and oxygen atoms in total. The molecule has 0 aliphatic rings. The molecule has 0 unspecified atom stereocenters. The van der Waals surface area contributed by atoms with Gasteiger partial charge in [0.1, 0.15) is 5.69 Å². The molecule has 4 rings (SSSR count). The second-order valence-electron chi connectivity index (χ2n) is 5.86. The molecule has 0 spiro atoms. The van der Waals surface area contributed by atoms with E-state index in [2.05, 4.69) is 9.97 Å². The number of rotatable bonds is 4. The first kappa shape index (κ1) is 16.5. The Labute approximate surface area is 155 Å². The predicted octanol–water partition coefficient (Wildman–Crippen LogP) is 3.78. The number of nitrogens with two attached hydrogens (primary N) is 1. The number of aromatic nitrogens is 3. The first-order chi connectivity index (χ1) is 13.2. The number of anilines is 1. The minimum Gasteiger partial charge on any atom is -0.463 e. The number of nitrogens with zero attached hydrogens (tertiary/aromatic N) is 3. The number of benzene rings is 1. The highest BCUT2D eigenvalue weighted by atomic mass is 16.3. The van der Waals surface area contributed by atoms with E-state index < -0.39 is 0 Å². The summed E-state index contributed by atoms with van der Waals surface area (Å²) in [5.41, 5.74) is 8.69. The maximum absolute atomic E-state index is 12.2. The normalized spacial score (nSPS) is 11.1. The Balaban J connectivity index is 1.78. The fraction of sp³-hybridized carbons (Fsp3) is 0. The van der Waals surface area contributed by atoms with Crippen molar-refractivity contribution < 1.29 is 4.42 Å². The first-order valence-corrected chi connectivity index (χ1v) is 8.33. The van der Waals surface area contributed by atoms with E-state index >= 15 is 0 Å². The number of hydrogen-bond donors (Lipinski definition) is 1. The minimum atomic E-state index is -0.137. The summed E-state index contributed by atoms with van der Waals surface area (Å²) in [6.07, 6.45) is 8.54. The molecule has 2 N–H and O–H groups in total. The van der Waals surface area contributed by atoms with Crippen molar-refractivity contribution in [3.63, 3.8) is 0 Å². The Kier molecular flexibility index (Phi) is 4.37. The Morgan fingerprint density at radius 1 is 1.04 bits per heavy atom. The molecule has 0 saturated heterocycles. The quantitative estimate of drug-likeness (QED) is 0.601. The fourth-order valence-corrected chi connectivity index (χ4v) is 2.72. The van der Waals surface area contributed by atoms with Gasteiger partial charge < -0.3 is 10.2 Å². The zero-order valence-electron chi connectivity index (χ0n) is 14.3. The lowest BCUT2D eigenvalue weighted by atomic mass is 10.1. The molecule has 3 aromatic heterocycles. The molecule has 6 heteroatoms. The lowest BCUT2D eigenvalue weighted by Crippen LogP contribution is -2.13. The third-order valence-corrected chi connectivity index (χ3v) is 4.04. The van der Waals surface area contributed by atoms with Gasteiger partial charge in [0.25, 0.3) is 5.56 Å². The molecular weight excluding hydrogens is 340 g/mol. The molecule has 0 atom stereocenters. The molecule has 0 bridgehead atoms. The summed E-state index contributed by atoms with van der Waals surface area (Å²) in [6.45, 7) is 0. The van der Waals surface area contributed by atoms with Crippen LogP contribution >= 0.6 is 0 Å².